The lowest BCUT2D eigenvalue weighted by molar-refractivity contribution is -0.315. The summed E-state index contributed by atoms with van der Waals surface area (Å²) in [6.45, 7) is 21.6. The van der Waals surface area contributed by atoms with Crippen molar-refractivity contribution in [1.29, 1.82) is 0 Å². The van der Waals surface area contributed by atoms with Gasteiger partial charge in [-0.25, -0.2) is 0 Å². The Kier molecular flexibility index (Phi) is 24.6. The lowest BCUT2D eigenvalue weighted by Gasteiger charge is -2.52. The quantitative estimate of drug-likeness (QED) is 0.0556. The van der Waals surface area contributed by atoms with Crippen LogP contribution in [0.3, 0.4) is 0 Å². The van der Waals surface area contributed by atoms with E-state index in [1.807, 2.05) is 89.5 Å². The first-order chi connectivity index (χ1) is 41.7. The summed E-state index contributed by atoms with van der Waals surface area (Å²) in [6.07, 6.45) is 2.85. The number of esters is 3. The number of carbonyl (C=O) groups excluding carboxylic acids is 4. The number of ether oxygens (including phenoxy) is 12. The molecule has 6 fully saturated rings. The van der Waals surface area contributed by atoms with Crippen LogP contribution in [0.5, 0.6) is 11.5 Å². The third-order valence-corrected chi connectivity index (χ3v) is 22.8. The summed E-state index contributed by atoms with van der Waals surface area (Å²) in [5.74, 6) is -4.23. The van der Waals surface area contributed by atoms with E-state index in [-0.39, 0.29) is 49.5 Å². The first-order valence-electron chi connectivity index (χ1n) is 31.1. The van der Waals surface area contributed by atoms with Crippen molar-refractivity contribution < 1.29 is 76.0 Å². The van der Waals surface area contributed by atoms with Crippen molar-refractivity contribution in [2.24, 2.45) is 29.6 Å². The Bertz CT molecular complexity index is 2690. The van der Waals surface area contributed by atoms with Crippen molar-refractivity contribution in [3.05, 3.63) is 46.2 Å². The Morgan fingerprint density at radius 1 is 0.864 bits per heavy atom. The molecule has 24 heteroatoms. The van der Waals surface area contributed by atoms with E-state index in [0.29, 0.717) is 52.6 Å². The average molecular weight is 1410 g/mol. The Labute approximate surface area is 548 Å². The number of aromatic nitrogens is 1. The number of alkyl halides is 1. The molecule has 2 aromatic rings. The highest BCUT2D eigenvalue weighted by Crippen LogP contribution is 2.51. The molecule has 1 aromatic carbocycles. The molecule has 1 aromatic heterocycles. The number of carbonyl (C=O) groups is 4. The number of morpholine rings is 1. The molecule has 6 heterocycles. The number of anilines is 1. The zero-order chi connectivity index (χ0) is 64.2. The van der Waals surface area contributed by atoms with Crippen molar-refractivity contribution in [3.8, 4) is 11.5 Å². The molecular formula is C64H95Cl2IN4O16S. The second-order valence-electron chi connectivity index (χ2n) is 25.9. The summed E-state index contributed by atoms with van der Waals surface area (Å²) in [7, 11) is 8.82. The highest BCUT2D eigenvalue weighted by atomic mass is 127. The number of methoxy groups -OCH3 is 3. The highest BCUT2D eigenvalue weighted by Gasteiger charge is 2.62. The van der Waals surface area contributed by atoms with Gasteiger partial charge in [-0.05, 0) is 129 Å². The number of hydrogen-bond acceptors (Lipinski definition) is 21. The second-order valence-corrected chi connectivity index (χ2v) is 29.1. The molecule has 494 valence electrons. The van der Waals surface area contributed by atoms with Crippen molar-refractivity contribution >= 4 is 86.9 Å². The highest BCUT2D eigenvalue weighted by molar-refractivity contribution is 14.1. The Morgan fingerprint density at radius 2 is 1.52 bits per heavy atom. The number of benzene rings is 1. The van der Waals surface area contributed by atoms with Crippen LogP contribution in [0.2, 0.25) is 10.0 Å². The Balaban J connectivity index is 1.16. The van der Waals surface area contributed by atoms with Crippen LogP contribution in [0.1, 0.15) is 120 Å². The maximum absolute atomic E-state index is 15.7. The smallest absolute Gasteiger partial charge is 0.320 e. The topological polar surface area (TPSA) is 202 Å². The normalized spacial score (nSPS) is 37.4. The summed E-state index contributed by atoms with van der Waals surface area (Å²) in [5.41, 5.74) is -2.35. The molecule has 1 saturated carbocycles. The number of pyridine rings is 1. The number of nitrogens with zero attached hydrogens (tertiary/aromatic N) is 4. The predicted octanol–water partition coefficient (Wildman–Crippen LogP) is 9.99. The summed E-state index contributed by atoms with van der Waals surface area (Å²) in [5, 5.41) is -0.0806. The van der Waals surface area contributed by atoms with Crippen LogP contribution < -0.4 is 14.4 Å². The molecule has 19 atom stereocenters. The molecule has 5 aliphatic heterocycles. The monoisotopic (exact) mass is 1400 g/mol. The van der Waals surface area contributed by atoms with Crippen LogP contribution in [0, 0.1) is 29.6 Å². The molecular weight excluding hydrogens is 1310 g/mol. The van der Waals surface area contributed by atoms with Crippen molar-refractivity contribution in [3.63, 3.8) is 0 Å². The second kappa shape index (κ2) is 30.5. The standard InChI is InChI=1S/C64H95Cl2IN4O16S/c1-35-30-62(8,77-14)56(85-60-52(69(11)12)47(28-36(2)80-60)70-22-25-79-26-23-70)38(4)54(84-50-31-63(9,78-15)57(40(6)81-50)82-41(7)72)39(5)58(74)86-61(67)64(10)51(37(3)53(35)73)55(59(75)87-64)88-27-24-71(34-44-45(65)32-68-33-46(44)66)42-20-21-48(76-13)49(29-42)83-43-18-16-17-19-43/h20-21,29,32-33,35-40,43,47,50-52,54-57,60-61H,16-19,22-28,30-31,34H2,1-15H3/t35-,36-,37-,38+,39-,40+,47-,50+,51+,52+,54+,55+,56-,57+,60+,61+,62-,63-,64+/m1/s1. The summed E-state index contributed by atoms with van der Waals surface area (Å²) >= 11 is 17.0. The maximum atomic E-state index is 15.7. The molecule has 0 spiro atoms. The number of thioether (sulfide) groups is 1. The largest absolute Gasteiger partial charge is 0.493 e. The number of rotatable bonds is 19. The molecule has 20 nitrogen and oxygen atoms in total. The minimum atomic E-state index is -1.50. The van der Waals surface area contributed by atoms with Gasteiger partial charge in [-0.1, -0.05) is 44.0 Å². The van der Waals surface area contributed by atoms with E-state index in [2.05, 4.69) is 26.6 Å². The molecule has 1 aliphatic carbocycles. The molecule has 0 N–H and O–H groups in total. The van der Waals surface area contributed by atoms with E-state index < -0.39 is 111 Å². The lowest BCUT2D eigenvalue weighted by atomic mass is 9.72. The van der Waals surface area contributed by atoms with Gasteiger partial charge < -0.3 is 66.6 Å². The van der Waals surface area contributed by atoms with E-state index in [1.54, 1.807) is 54.5 Å². The van der Waals surface area contributed by atoms with Crippen LogP contribution in [-0.4, -0.2) is 200 Å². The van der Waals surface area contributed by atoms with Gasteiger partial charge in [0.1, 0.15) is 16.6 Å². The van der Waals surface area contributed by atoms with E-state index >= 15 is 9.59 Å². The molecule has 8 rings (SSSR count). The van der Waals surface area contributed by atoms with Crippen LogP contribution in [-0.2, 0) is 73.1 Å². The number of hydrogen-bond donors (Lipinski definition) is 0. The minimum Gasteiger partial charge on any atom is -0.493 e. The first kappa shape index (κ1) is 71.0. The fraction of sp³-hybridized carbons (Fsp3) is 0.766. The van der Waals surface area contributed by atoms with Crippen LogP contribution in [0.15, 0.2) is 30.6 Å². The van der Waals surface area contributed by atoms with Crippen LogP contribution in [0.25, 0.3) is 0 Å². The van der Waals surface area contributed by atoms with Gasteiger partial charge in [-0.3, -0.25) is 29.1 Å². The van der Waals surface area contributed by atoms with E-state index in [1.165, 1.54) is 18.7 Å². The van der Waals surface area contributed by atoms with Gasteiger partial charge in [0.05, 0.1) is 78.4 Å². The third-order valence-electron chi connectivity index (χ3n) is 19.4. The number of fused-ring (bicyclic) bond motifs is 1. The Hall–Kier alpha value is -2.85. The van der Waals surface area contributed by atoms with Crippen molar-refractivity contribution in [2.75, 3.05) is 78.9 Å². The van der Waals surface area contributed by atoms with E-state index in [0.717, 1.165) is 50.9 Å². The number of ketones is 1. The zero-order valence-electron chi connectivity index (χ0n) is 54.0. The van der Waals surface area contributed by atoms with Gasteiger partial charge in [0.2, 0.25) is 0 Å². The third kappa shape index (κ3) is 15.9. The molecule has 5 saturated heterocycles. The van der Waals surface area contributed by atoms with Crippen molar-refractivity contribution in [1.82, 2.24) is 14.8 Å². The zero-order valence-corrected chi connectivity index (χ0v) is 58.5. The SMILES string of the molecule is COc1ccc(N(CCS[C@@H]2C(=O)O[C@@]3(C)[C@H]2[C@@H](C)C(=O)[C@H](C)C[C@@](C)(OC)[C@H](O[C@@H]2O[C@H](C)C[C@@H](N4CCOCC4)[C@@H]2N(C)C)[C@@H](C)[C@H](O[C@H]2C[C@@](C)(OC)[C@@H](OC(C)=O)[C@H](C)O2)[C@@H](C)C(=O)O[C@@H]3I)Cc2c(Cl)cncc2Cl)cc1OC1CCCC1. The van der Waals surface area contributed by atoms with Gasteiger partial charge in [0.25, 0.3) is 0 Å². The fourth-order valence-electron chi connectivity index (χ4n) is 14.5. The number of Topliss-reactive ketones (excluding diaryl/α,β-unsaturated/α-hetero) is 1. The number of cyclic esters (lactones) is 1. The van der Waals surface area contributed by atoms with Crippen LogP contribution in [0.4, 0.5) is 5.69 Å². The molecule has 6 aliphatic rings. The molecule has 0 unspecified atom stereocenters. The molecule has 0 radical (unpaired) electrons. The van der Waals surface area contributed by atoms with Crippen LogP contribution >= 0.6 is 57.6 Å². The molecule has 88 heavy (non-hydrogen) atoms. The lowest BCUT2D eigenvalue weighted by Crippen LogP contribution is -2.65. The van der Waals surface area contributed by atoms with Gasteiger partial charge in [-0.15, -0.1) is 11.8 Å². The van der Waals surface area contributed by atoms with Gasteiger partial charge in [0.15, 0.2) is 39.9 Å². The maximum Gasteiger partial charge on any atom is 0.320 e. The molecule has 0 amide bonds. The van der Waals surface area contributed by atoms with Crippen molar-refractivity contribution in [2.45, 2.75) is 208 Å². The summed E-state index contributed by atoms with van der Waals surface area (Å²) < 4.78 is 76.9. The predicted molar refractivity (Wildman–Crippen MR) is 343 cm³/mol. The fourth-order valence-corrected chi connectivity index (χ4v) is 17.3. The van der Waals surface area contributed by atoms with E-state index in [4.69, 9.17) is 80.0 Å². The first-order valence-corrected chi connectivity index (χ1v) is 34.2. The average Bonchev–Trinajstić information content (AvgIpc) is 1.58. The summed E-state index contributed by atoms with van der Waals surface area (Å²) in [6, 6.07) is 5.56. The number of halogens is 3. The van der Waals surface area contributed by atoms with Gasteiger partial charge in [0, 0.05) is 119 Å². The van der Waals surface area contributed by atoms with Gasteiger partial charge in [-0.2, -0.15) is 0 Å². The Morgan fingerprint density at radius 3 is 2.15 bits per heavy atom. The van der Waals surface area contributed by atoms with Gasteiger partial charge >= 0.3 is 17.9 Å². The van der Waals surface area contributed by atoms with E-state index in [9.17, 15) is 9.59 Å². The number of likely N-dealkylation sites (N-methyl/N-ethyl adjacent to an activating group) is 1. The summed E-state index contributed by atoms with van der Waals surface area (Å²) in [4.78, 5) is 69.2. The minimum absolute atomic E-state index is 0.0290. The molecule has 0 bridgehead atoms.